The Morgan fingerprint density at radius 1 is 1.00 bits per heavy atom. The minimum atomic E-state index is -3.96. The van der Waals surface area contributed by atoms with Crippen molar-refractivity contribution in [2.24, 2.45) is 0 Å². The normalized spacial score (nSPS) is 11.4. The third kappa shape index (κ3) is 5.31. The number of nitrogens with zero attached hydrogens (tertiary/aromatic N) is 1. The number of methoxy groups -OCH3 is 2. The molecule has 0 spiro atoms. The molecule has 2 N–H and O–H groups in total. The number of ether oxygens (including phenoxy) is 2. The zero-order valence-electron chi connectivity index (χ0n) is 19.7. The monoisotopic (exact) mass is 493 g/mol. The maximum absolute atomic E-state index is 13.1. The molecule has 0 saturated carbocycles. The Bertz CT molecular complexity index is 1480. The Labute approximate surface area is 204 Å². The van der Waals surface area contributed by atoms with Gasteiger partial charge in [0.15, 0.2) is 0 Å². The van der Waals surface area contributed by atoms with Gasteiger partial charge < -0.3 is 19.4 Å². The van der Waals surface area contributed by atoms with Crippen LogP contribution in [0.3, 0.4) is 0 Å². The zero-order valence-corrected chi connectivity index (χ0v) is 20.6. The van der Waals surface area contributed by atoms with Crippen LogP contribution in [0.5, 0.6) is 5.75 Å². The number of aromatic nitrogens is 1. The van der Waals surface area contributed by atoms with Gasteiger partial charge in [-0.1, -0.05) is 18.2 Å². The number of rotatable bonds is 9. The van der Waals surface area contributed by atoms with Gasteiger partial charge in [-0.2, -0.15) is 0 Å². The van der Waals surface area contributed by atoms with E-state index in [0.717, 1.165) is 17.4 Å². The molecular weight excluding hydrogens is 466 g/mol. The molecule has 1 aromatic heterocycles. The molecule has 9 heteroatoms. The fraction of sp³-hybridized carbons (Fsp3) is 0.192. The second-order valence-electron chi connectivity index (χ2n) is 8.02. The highest BCUT2D eigenvalue weighted by Crippen LogP contribution is 2.28. The van der Waals surface area contributed by atoms with Crippen LogP contribution in [0.4, 0.5) is 11.4 Å². The first kappa shape index (κ1) is 24.3. The lowest BCUT2D eigenvalue weighted by molar-refractivity contribution is 0.102. The SMILES string of the molecule is COCCn1ccc2cc(NC(=O)c3ccc(C)c(S(=O)(=O)Nc4ccccc4OC)c3)ccc21. The number of fused-ring (bicyclic) bond motifs is 1. The van der Waals surface area contributed by atoms with Crippen molar-refractivity contribution in [3.05, 3.63) is 84.1 Å². The molecule has 1 heterocycles. The smallest absolute Gasteiger partial charge is 0.262 e. The first-order valence-electron chi connectivity index (χ1n) is 11.0. The van der Waals surface area contributed by atoms with E-state index in [4.69, 9.17) is 9.47 Å². The molecule has 0 bridgehead atoms. The lowest BCUT2D eigenvalue weighted by atomic mass is 10.1. The van der Waals surface area contributed by atoms with Crippen LogP contribution < -0.4 is 14.8 Å². The van der Waals surface area contributed by atoms with Crippen LogP contribution >= 0.6 is 0 Å². The summed E-state index contributed by atoms with van der Waals surface area (Å²) in [7, 11) is -0.832. The molecule has 0 fully saturated rings. The van der Waals surface area contributed by atoms with Gasteiger partial charge in [0.05, 0.1) is 24.3 Å². The minimum Gasteiger partial charge on any atom is -0.495 e. The van der Waals surface area contributed by atoms with Gasteiger partial charge in [-0.05, 0) is 61.0 Å². The first-order valence-corrected chi connectivity index (χ1v) is 12.5. The average Bonchev–Trinajstić information content (AvgIpc) is 3.25. The van der Waals surface area contributed by atoms with E-state index in [9.17, 15) is 13.2 Å². The largest absolute Gasteiger partial charge is 0.495 e. The highest BCUT2D eigenvalue weighted by molar-refractivity contribution is 7.92. The Hall–Kier alpha value is -3.82. The van der Waals surface area contributed by atoms with E-state index in [1.807, 2.05) is 30.5 Å². The quantitative estimate of drug-likeness (QED) is 0.353. The standard InChI is InChI=1S/C26H27N3O5S/c1-18-8-9-20(17-25(18)35(31,32)28-22-6-4-5-7-24(22)34-3)26(30)27-21-10-11-23-19(16-21)12-13-29(23)14-15-33-2/h4-13,16-17,28H,14-15H2,1-3H3,(H,27,30). The highest BCUT2D eigenvalue weighted by atomic mass is 32.2. The Kier molecular flexibility index (Phi) is 7.09. The number of benzene rings is 3. The molecule has 0 saturated heterocycles. The summed E-state index contributed by atoms with van der Waals surface area (Å²) in [5, 5.41) is 3.84. The number of sulfonamides is 1. The minimum absolute atomic E-state index is 0.0155. The zero-order chi connectivity index (χ0) is 25.0. The van der Waals surface area contributed by atoms with Gasteiger partial charge in [-0.15, -0.1) is 0 Å². The summed E-state index contributed by atoms with van der Waals surface area (Å²) in [6.45, 7) is 3.02. The van der Waals surface area contributed by atoms with Gasteiger partial charge in [0.1, 0.15) is 5.75 Å². The van der Waals surface area contributed by atoms with E-state index in [1.54, 1.807) is 50.4 Å². The van der Waals surface area contributed by atoms with Gasteiger partial charge in [0.25, 0.3) is 15.9 Å². The molecular formula is C26H27N3O5S. The van der Waals surface area contributed by atoms with Gasteiger partial charge in [-0.3, -0.25) is 9.52 Å². The molecule has 0 aliphatic rings. The summed E-state index contributed by atoms with van der Waals surface area (Å²) in [6.07, 6.45) is 1.97. The molecule has 35 heavy (non-hydrogen) atoms. The third-order valence-corrected chi connectivity index (χ3v) is 7.16. The summed E-state index contributed by atoms with van der Waals surface area (Å²) in [5.74, 6) is -0.00835. The molecule has 0 aliphatic carbocycles. The molecule has 0 atom stereocenters. The van der Waals surface area contributed by atoms with E-state index in [2.05, 4.69) is 14.6 Å². The third-order valence-electron chi connectivity index (χ3n) is 5.66. The number of aryl methyl sites for hydroxylation is 1. The molecule has 3 aromatic carbocycles. The summed E-state index contributed by atoms with van der Waals surface area (Å²) in [6, 6.07) is 18.9. The van der Waals surface area contributed by atoms with Gasteiger partial charge in [0, 0.05) is 42.0 Å². The molecule has 182 valence electrons. The average molecular weight is 494 g/mol. The van der Waals surface area contributed by atoms with Gasteiger partial charge in [0.2, 0.25) is 0 Å². The van der Waals surface area contributed by atoms with E-state index in [1.165, 1.54) is 13.2 Å². The van der Waals surface area contributed by atoms with Crippen molar-refractivity contribution in [3.63, 3.8) is 0 Å². The van der Waals surface area contributed by atoms with Crippen LogP contribution in [0.2, 0.25) is 0 Å². The van der Waals surface area contributed by atoms with Crippen molar-refractivity contribution in [2.75, 3.05) is 30.9 Å². The molecule has 1 amide bonds. The lowest BCUT2D eigenvalue weighted by Crippen LogP contribution is -2.17. The number of carbonyl (C=O) groups is 1. The van der Waals surface area contributed by atoms with Gasteiger partial charge in [-0.25, -0.2) is 8.42 Å². The molecule has 0 radical (unpaired) electrons. The first-order chi connectivity index (χ1) is 16.8. The van der Waals surface area contributed by atoms with Crippen molar-refractivity contribution >= 4 is 38.2 Å². The number of hydrogen-bond donors (Lipinski definition) is 2. The maximum Gasteiger partial charge on any atom is 0.262 e. The van der Waals surface area contributed by atoms with Crippen molar-refractivity contribution in [3.8, 4) is 5.75 Å². The highest BCUT2D eigenvalue weighted by Gasteiger charge is 2.21. The van der Waals surface area contributed by atoms with Crippen LogP contribution in [0.1, 0.15) is 15.9 Å². The lowest BCUT2D eigenvalue weighted by Gasteiger charge is -2.14. The van der Waals surface area contributed by atoms with E-state index >= 15 is 0 Å². The van der Waals surface area contributed by atoms with Crippen molar-refractivity contribution in [2.45, 2.75) is 18.4 Å². The number of para-hydroxylation sites is 2. The fourth-order valence-corrected chi connectivity index (χ4v) is 5.17. The fourth-order valence-electron chi connectivity index (χ4n) is 3.83. The second kappa shape index (κ2) is 10.2. The van der Waals surface area contributed by atoms with Crippen LogP contribution in [0.25, 0.3) is 10.9 Å². The summed E-state index contributed by atoms with van der Waals surface area (Å²) in [4.78, 5) is 13.0. The second-order valence-corrected chi connectivity index (χ2v) is 9.67. The number of hydrogen-bond acceptors (Lipinski definition) is 5. The topological polar surface area (TPSA) is 98.7 Å². The van der Waals surface area contributed by atoms with Crippen molar-refractivity contribution < 1.29 is 22.7 Å². The molecule has 4 aromatic rings. The number of nitrogens with one attached hydrogen (secondary N) is 2. The van der Waals surface area contributed by atoms with Crippen LogP contribution in [0, 0.1) is 6.92 Å². The summed E-state index contributed by atoms with van der Waals surface area (Å²) in [5.41, 5.74) is 2.71. The summed E-state index contributed by atoms with van der Waals surface area (Å²) >= 11 is 0. The number of anilines is 2. The molecule has 8 nitrogen and oxygen atoms in total. The van der Waals surface area contributed by atoms with Crippen LogP contribution in [-0.4, -0.2) is 39.7 Å². The van der Waals surface area contributed by atoms with Crippen molar-refractivity contribution in [1.29, 1.82) is 0 Å². The van der Waals surface area contributed by atoms with Crippen LogP contribution in [0.15, 0.2) is 77.8 Å². The Balaban J connectivity index is 1.56. The van der Waals surface area contributed by atoms with Crippen LogP contribution in [-0.2, 0) is 21.3 Å². The van der Waals surface area contributed by atoms with Crippen molar-refractivity contribution in [1.82, 2.24) is 4.57 Å². The van der Waals surface area contributed by atoms with E-state index < -0.39 is 15.9 Å². The molecule has 0 unspecified atom stereocenters. The summed E-state index contributed by atoms with van der Waals surface area (Å²) < 4.78 is 41.3. The Morgan fingerprint density at radius 2 is 1.80 bits per heavy atom. The van der Waals surface area contributed by atoms with E-state index in [0.29, 0.717) is 29.3 Å². The predicted octanol–water partition coefficient (Wildman–Crippen LogP) is 4.66. The maximum atomic E-state index is 13.1. The molecule has 0 aliphatic heterocycles. The Morgan fingerprint density at radius 3 is 2.57 bits per heavy atom. The molecule has 4 rings (SSSR count). The van der Waals surface area contributed by atoms with Gasteiger partial charge >= 0.3 is 0 Å². The van der Waals surface area contributed by atoms with E-state index in [-0.39, 0.29) is 10.5 Å². The number of carbonyl (C=O) groups excluding carboxylic acids is 1. The number of amides is 1. The predicted molar refractivity (Wildman–Crippen MR) is 137 cm³/mol.